The zero-order valence-corrected chi connectivity index (χ0v) is 8.86. The van der Waals surface area contributed by atoms with Gasteiger partial charge < -0.3 is 21.7 Å². The van der Waals surface area contributed by atoms with Crippen LogP contribution in [0.3, 0.4) is 0 Å². The zero-order chi connectivity index (χ0) is 12.9. The molecule has 0 aliphatic heterocycles. The quantitative estimate of drug-likeness (QED) is 0.440. The van der Waals surface area contributed by atoms with Crippen LogP contribution < -0.4 is 4.68 Å². The van der Waals surface area contributed by atoms with E-state index in [0.29, 0.717) is 5.89 Å². The van der Waals surface area contributed by atoms with Gasteiger partial charge in [-0.1, -0.05) is 22.9 Å². The first-order chi connectivity index (χ1) is 7.86. The largest absolute Gasteiger partial charge is 0.673 e. The number of halogens is 4. The fourth-order valence-corrected chi connectivity index (χ4v) is 1.02. The second-order valence-electron chi connectivity index (χ2n) is 3.06. The van der Waals surface area contributed by atoms with Crippen molar-refractivity contribution in [3.63, 3.8) is 0 Å². The molecule has 0 aliphatic rings. The van der Waals surface area contributed by atoms with Crippen LogP contribution in [-0.2, 0) is 7.05 Å². The van der Waals surface area contributed by atoms with Crippen molar-refractivity contribution in [2.45, 2.75) is 0 Å². The average molecular weight is 248 g/mol. The van der Waals surface area contributed by atoms with E-state index < -0.39 is 7.25 Å². The third-order valence-electron chi connectivity index (χ3n) is 1.59. The number of aromatic nitrogens is 2. The van der Waals surface area contributed by atoms with Crippen molar-refractivity contribution >= 4 is 7.25 Å². The van der Waals surface area contributed by atoms with Gasteiger partial charge in [0.15, 0.2) is 7.05 Å². The second kappa shape index (κ2) is 5.47. The van der Waals surface area contributed by atoms with Crippen molar-refractivity contribution < 1.29 is 26.4 Å². The first-order valence-corrected chi connectivity index (χ1v) is 4.60. The number of hydrogen-bond acceptors (Lipinski definition) is 2. The highest BCUT2D eigenvalue weighted by Crippen LogP contribution is 2.13. The first kappa shape index (κ1) is 13.2. The molecule has 1 aromatic heterocycles. The van der Waals surface area contributed by atoms with E-state index in [0.717, 1.165) is 5.56 Å². The third kappa shape index (κ3) is 5.69. The topological polar surface area (TPSA) is 29.9 Å². The van der Waals surface area contributed by atoms with Gasteiger partial charge in [0.2, 0.25) is 0 Å². The lowest BCUT2D eigenvalue weighted by Crippen LogP contribution is -2.28. The predicted molar refractivity (Wildman–Crippen MR) is 53.3 cm³/mol. The van der Waals surface area contributed by atoms with Crippen LogP contribution in [0.25, 0.3) is 11.5 Å². The molecule has 92 valence electrons. The minimum absolute atomic E-state index is 0.651. The minimum Gasteiger partial charge on any atom is -0.418 e. The predicted octanol–water partition coefficient (Wildman–Crippen LogP) is 2.47. The summed E-state index contributed by atoms with van der Waals surface area (Å²) in [5.74, 6) is 0.651. The molecule has 3 nitrogen and oxygen atoms in total. The molecular formula is C9H9BF4N2O. The summed E-state index contributed by atoms with van der Waals surface area (Å²) < 4.78 is 45.8. The van der Waals surface area contributed by atoms with Gasteiger partial charge in [0, 0.05) is 10.7 Å². The van der Waals surface area contributed by atoms with E-state index in [1.807, 2.05) is 37.4 Å². The van der Waals surface area contributed by atoms with Crippen LogP contribution in [0.2, 0.25) is 0 Å². The van der Waals surface area contributed by atoms with Gasteiger partial charge in [-0.25, -0.2) is 0 Å². The molecule has 0 amide bonds. The normalized spacial score (nSPS) is 10.6. The fourth-order valence-electron chi connectivity index (χ4n) is 1.02. The number of hydrogen-bond donors (Lipinski definition) is 0. The van der Waals surface area contributed by atoms with E-state index >= 15 is 0 Å². The summed E-state index contributed by atoms with van der Waals surface area (Å²) in [7, 11) is -4.17. The Kier molecular flexibility index (Phi) is 4.25. The molecule has 0 N–H and O–H groups in total. The molecule has 0 bridgehead atoms. The molecule has 0 radical (unpaired) electrons. The van der Waals surface area contributed by atoms with Gasteiger partial charge in [-0.2, -0.15) is 0 Å². The Bertz CT molecular complexity index is 452. The van der Waals surface area contributed by atoms with Crippen LogP contribution in [0.5, 0.6) is 0 Å². The second-order valence-corrected chi connectivity index (χ2v) is 3.06. The summed E-state index contributed by atoms with van der Waals surface area (Å²) in [5, 5.41) is 4.13. The van der Waals surface area contributed by atoms with E-state index in [1.54, 1.807) is 11.1 Å². The molecule has 0 unspecified atom stereocenters. The maximum Gasteiger partial charge on any atom is 0.673 e. The summed E-state index contributed by atoms with van der Waals surface area (Å²) in [6.45, 7) is 0. The maximum atomic E-state index is 9.75. The van der Waals surface area contributed by atoms with Gasteiger partial charge in [0.25, 0.3) is 5.89 Å². The first-order valence-electron chi connectivity index (χ1n) is 4.60. The maximum absolute atomic E-state index is 9.75. The van der Waals surface area contributed by atoms with Gasteiger partial charge >= 0.3 is 13.6 Å². The summed E-state index contributed by atoms with van der Waals surface area (Å²) in [6.07, 6.45) is 1.57. The molecule has 1 aromatic carbocycles. The monoisotopic (exact) mass is 248 g/mol. The molecule has 0 fully saturated rings. The summed E-state index contributed by atoms with van der Waals surface area (Å²) >= 11 is 0. The number of aryl methyl sites for hydroxylation is 1. The molecule has 0 aliphatic carbocycles. The molecular weight excluding hydrogens is 239 g/mol. The van der Waals surface area contributed by atoms with E-state index in [4.69, 9.17) is 4.42 Å². The van der Waals surface area contributed by atoms with Crippen LogP contribution in [0.1, 0.15) is 0 Å². The molecule has 17 heavy (non-hydrogen) atoms. The highest BCUT2D eigenvalue weighted by Gasteiger charge is 2.20. The fraction of sp³-hybridized carbons (Fsp3) is 0.111. The summed E-state index contributed by atoms with van der Waals surface area (Å²) in [4.78, 5) is 0. The number of nitrogens with zero attached hydrogens (tertiary/aromatic N) is 2. The minimum atomic E-state index is -6.00. The highest BCUT2D eigenvalue weighted by atomic mass is 19.5. The summed E-state index contributed by atoms with van der Waals surface area (Å²) in [6, 6.07) is 9.81. The molecule has 2 rings (SSSR count). The van der Waals surface area contributed by atoms with E-state index in [-0.39, 0.29) is 0 Å². The Morgan fingerprint density at radius 3 is 2.06 bits per heavy atom. The van der Waals surface area contributed by atoms with Crippen LogP contribution in [0, 0.1) is 0 Å². The lowest BCUT2D eigenvalue weighted by Gasteiger charge is -1.94. The van der Waals surface area contributed by atoms with E-state index in [9.17, 15) is 17.3 Å². The molecule has 0 saturated heterocycles. The third-order valence-corrected chi connectivity index (χ3v) is 1.59. The van der Waals surface area contributed by atoms with Crippen molar-refractivity contribution in [3.05, 3.63) is 36.7 Å². The van der Waals surface area contributed by atoms with Crippen molar-refractivity contribution in [2.75, 3.05) is 0 Å². The van der Waals surface area contributed by atoms with Crippen molar-refractivity contribution in [2.24, 2.45) is 7.05 Å². The van der Waals surface area contributed by atoms with E-state index in [1.165, 1.54) is 0 Å². The van der Waals surface area contributed by atoms with Crippen molar-refractivity contribution in [1.82, 2.24) is 5.10 Å². The Morgan fingerprint density at radius 1 is 1.12 bits per heavy atom. The van der Waals surface area contributed by atoms with Gasteiger partial charge in [0.1, 0.15) is 0 Å². The molecule has 8 heteroatoms. The van der Waals surface area contributed by atoms with Gasteiger partial charge in [-0.3, -0.25) is 0 Å². The van der Waals surface area contributed by atoms with Crippen molar-refractivity contribution in [3.8, 4) is 11.5 Å². The smallest absolute Gasteiger partial charge is 0.418 e. The van der Waals surface area contributed by atoms with Gasteiger partial charge in [-0.15, -0.1) is 0 Å². The lowest BCUT2D eigenvalue weighted by atomic mass is 10.2. The van der Waals surface area contributed by atoms with Crippen LogP contribution in [0.4, 0.5) is 17.3 Å². The number of rotatable bonds is 1. The SMILES string of the molecule is C[n+]1coc(-c2ccccc2)n1.F[B-](F)(F)F. The van der Waals surface area contributed by atoms with Crippen LogP contribution in [-0.4, -0.2) is 12.4 Å². The van der Waals surface area contributed by atoms with Gasteiger partial charge in [-0.05, 0) is 12.1 Å². The molecule has 0 atom stereocenters. The Hall–Kier alpha value is -1.86. The van der Waals surface area contributed by atoms with Gasteiger partial charge in [0.05, 0.1) is 0 Å². The molecule has 2 aromatic rings. The van der Waals surface area contributed by atoms with Crippen LogP contribution in [0.15, 0.2) is 41.1 Å². The average Bonchev–Trinajstić information content (AvgIpc) is 2.64. The Labute approximate surface area is 94.8 Å². The molecule has 1 heterocycles. The lowest BCUT2D eigenvalue weighted by molar-refractivity contribution is -0.730. The van der Waals surface area contributed by atoms with Crippen LogP contribution >= 0.6 is 0 Å². The highest BCUT2D eigenvalue weighted by molar-refractivity contribution is 6.50. The van der Waals surface area contributed by atoms with E-state index in [2.05, 4.69) is 5.10 Å². The van der Waals surface area contributed by atoms with Crippen molar-refractivity contribution in [1.29, 1.82) is 0 Å². The molecule has 0 spiro atoms. The summed E-state index contributed by atoms with van der Waals surface area (Å²) in [5.41, 5.74) is 0.998. The molecule has 0 saturated carbocycles. The zero-order valence-electron chi connectivity index (χ0n) is 8.86. The standard InChI is InChI=1S/C9H9N2O.BF4/c1-11-7-12-9(10-11)8-5-3-2-4-6-8;2-1(3,4)5/h2-7H,1H3;/q+1;-1. The number of benzene rings is 1. The Morgan fingerprint density at radius 2 is 1.65 bits per heavy atom. The Balaban J connectivity index is 0.000000249.